The normalized spacial score (nSPS) is 10.0. The number of halogens is 2. The Morgan fingerprint density at radius 2 is 2.20 bits per heavy atom. The molecule has 1 aromatic carbocycles. The van der Waals surface area contributed by atoms with E-state index in [0.717, 1.165) is 0 Å². The molecule has 82 valence electrons. The van der Waals surface area contributed by atoms with E-state index in [-0.39, 0.29) is 6.42 Å². The number of hydrogen-bond donors (Lipinski definition) is 3. The molecule has 1 aromatic rings. The van der Waals surface area contributed by atoms with E-state index >= 15 is 0 Å². The van der Waals surface area contributed by atoms with E-state index < -0.39 is 11.7 Å². The molecule has 0 fully saturated rings. The van der Waals surface area contributed by atoms with Crippen LogP contribution in [-0.4, -0.2) is 12.5 Å². The van der Waals surface area contributed by atoms with Crippen molar-refractivity contribution in [3.05, 3.63) is 22.4 Å². The van der Waals surface area contributed by atoms with E-state index in [4.69, 9.17) is 11.5 Å². The topological polar surface area (TPSA) is 81.1 Å². The third-order valence-corrected chi connectivity index (χ3v) is 2.39. The highest BCUT2D eigenvalue weighted by Gasteiger charge is 2.05. The summed E-state index contributed by atoms with van der Waals surface area (Å²) in [4.78, 5) is 10.5. The molecule has 0 heterocycles. The van der Waals surface area contributed by atoms with Crippen LogP contribution in [0.3, 0.4) is 0 Å². The predicted molar refractivity (Wildman–Crippen MR) is 60.8 cm³/mol. The second-order valence-corrected chi connectivity index (χ2v) is 3.85. The Bertz CT molecular complexity index is 384. The number of rotatable bonds is 4. The number of nitrogens with two attached hydrogens (primary N) is 2. The third kappa shape index (κ3) is 3.39. The van der Waals surface area contributed by atoms with Gasteiger partial charge in [-0.25, -0.2) is 4.39 Å². The molecular formula is C9H11BrFN3O. The van der Waals surface area contributed by atoms with Gasteiger partial charge < -0.3 is 16.8 Å². The van der Waals surface area contributed by atoms with Gasteiger partial charge in [0, 0.05) is 19.0 Å². The van der Waals surface area contributed by atoms with E-state index in [1.807, 2.05) is 0 Å². The van der Waals surface area contributed by atoms with Gasteiger partial charge in [0.1, 0.15) is 5.82 Å². The maximum atomic E-state index is 13.1. The summed E-state index contributed by atoms with van der Waals surface area (Å²) in [7, 11) is 0. The first-order valence-electron chi connectivity index (χ1n) is 4.27. The number of hydrogen-bond acceptors (Lipinski definition) is 3. The minimum absolute atomic E-state index is 0.178. The Balaban J connectivity index is 2.69. The molecule has 0 saturated carbocycles. The lowest BCUT2D eigenvalue weighted by Crippen LogP contribution is -2.16. The molecule has 0 atom stereocenters. The number of carbonyl (C=O) groups is 1. The number of benzene rings is 1. The van der Waals surface area contributed by atoms with Gasteiger partial charge in [-0.2, -0.15) is 0 Å². The lowest BCUT2D eigenvalue weighted by molar-refractivity contribution is -0.117. The summed E-state index contributed by atoms with van der Waals surface area (Å²) < 4.78 is 13.4. The molecule has 4 nitrogen and oxygen atoms in total. The lowest BCUT2D eigenvalue weighted by Gasteiger charge is -2.09. The fourth-order valence-electron chi connectivity index (χ4n) is 1.04. The van der Waals surface area contributed by atoms with E-state index in [0.29, 0.717) is 22.4 Å². The van der Waals surface area contributed by atoms with Gasteiger partial charge in [-0.05, 0) is 22.0 Å². The van der Waals surface area contributed by atoms with Crippen LogP contribution < -0.4 is 16.8 Å². The fraction of sp³-hybridized carbons (Fsp3) is 0.222. The Morgan fingerprint density at radius 3 is 2.80 bits per heavy atom. The average molecular weight is 276 g/mol. The van der Waals surface area contributed by atoms with E-state index in [1.54, 1.807) is 0 Å². The summed E-state index contributed by atoms with van der Waals surface area (Å²) in [6.45, 7) is 0.334. The Labute approximate surface area is 95.0 Å². The van der Waals surface area contributed by atoms with Crippen LogP contribution >= 0.6 is 15.9 Å². The van der Waals surface area contributed by atoms with E-state index in [1.165, 1.54) is 12.1 Å². The molecule has 0 radical (unpaired) electrons. The van der Waals surface area contributed by atoms with Crippen molar-refractivity contribution >= 4 is 33.2 Å². The quantitative estimate of drug-likeness (QED) is 0.728. The SMILES string of the molecule is NC(=O)CCNc1cc(F)c(Br)cc1N. The third-order valence-electron chi connectivity index (χ3n) is 1.78. The number of anilines is 2. The Kier molecular flexibility index (Phi) is 3.90. The van der Waals surface area contributed by atoms with Crippen LogP contribution in [0, 0.1) is 5.82 Å². The van der Waals surface area contributed by atoms with Crippen LogP contribution in [0.2, 0.25) is 0 Å². The molecule has 1 amide bonds. The van der Waals surface area contributed by atoms with Crippen molar-refractivity contribution in [1.29, 1.82) is 0 Å². The van der Waals surface area contributed by atoms with E-state index in [9.17, 15) is 9.18 Å². The number of nitrogens with one attached hydrogen (secondary N) is 1. The first-order chi connectivity index (χ1) is 7.00. The maximum absolute atomic E-state index is 13.1. The summed E-state index contributed by atoms with van der Waals surface area (Å²) in [5.41, 5.74) is 11.5. The zero-order valence-electron chi connectivity index (χ0n) is 7.89. The van der Waals surface area contributed by atoms with Gasteiger partial charge in [-0.3, -0.25) is 4.79 Å². The molecule has 6 heteroatoms. The molecule has 0 unspecified atom stereocenters. The number of nitrogen functional groups attached to an aromatic ring is 1. The number of primary amides is 1. The second-order valence-electron chi connectivity index (χ2n) is 3.00. The van der Waals surface area contributed by atoms with Crippen LogP contribution in [0.5, 0.6) is 0 Å². The van der Waals surface area contributed by atoms with Crippen LogP contribution in [-0.2, 0) is 4.79 Å². The van der Waals surface area contributed by atoms with Crippen LogP contribution in [0.25, 0.3) is 0 Å². The van der Waals surface area contributed by atoms with Crippen LogP contribution in [0.15, 0.2) is 16.6 Å². The van der Waals surface area contributed by atoms with Crippen molar-refractivity contribution in [3.63, 3.8) is 0 Å². The molecule has 0 aliphatic heterocycles. The zero-order chi connectivity index (χ0) is 11.4. The minimum Gasteiger partial charge on any atom is -0.397 e. The number of carbonyl (C=O) groups excluding carboxylic acids is 1. The highest BCUT2D eigenvalue weighted by atomic mass is 79.9. The first-order valence-corrected chi connectivity index (χ1v) is 5.06. The van der Waals surface area contributed by atoms with Gasteiger partial charge in [0.05, 0.1) is 15.8 Å². The van der Waals surface area contributed by atoms with Gasteiger partial charge in [-0.1, -0.05) is 0 Å². The van der Waals surface area contributed by atoms with Gasteiger partial charge in [-0.15, -0.1) is 0 Å². The van der Waals surface area contributed by atoms with Gasteiger partial charge in [0.2, 0.25) is 5.91 Å². The van der Waals surface area contributed by atoms with Crippen molar-refractivity contribution < 1.29 is 9.18 Å². The van der Waals surface area contributed by atoms with Gasteiger partial charge >= 0.3 is 0 Å². The zero-order valence-corrected chi connectivity index (χ0v) is 9.47. The van der Waals surface area contributed by atoms with E-state index in [2.05, 4.69) is 21.2 Å². The summed E-state index contributed by atoms with van der Waals surface area (Å²) in [5, 5.41) is 2.83. The highest BCUT2D eigenvalue weighted by Crippen LogP contribution is 2.26. The fourth-order valence-corrected chi connectivity index (χ4v) is 1.40. The molecule has 1 rings (SSSR count). The molecule has 0 bridgehead atoms. The van der Waals surface area contributed by atoms with Gasteiger partial charge in [0.15, 0.2) is 0 Å². The van der Waals surface area contributed by atoms with Crippen molar-refractivity contribution in [2.75, 3.05) is 17.6 Å². The van der Waals surface area contributed by atoms with Crippen molar-refractivity contribution in [3.8, 4) is 0 Å². The molecular weight excluding hydrogens is 265 g/mol. The smallest absolute Gasteiger partial charge is 0.219 e. The van der Waals surface area contributed by atoms with Gasteiger partial charge in [0.25, 0.3) is 0 Å². The van der Waals surface area contributed by atoms with Crippen molar-refractivity contribution in [1.82, 2.24) is 0 Å². The van der Waals surface area contributed by atoms with Crippen molar-refractivity contribution in [2.45, 2.75) is 6.42 Å². The first kappa shape index (κ1) is 11.8. The summed E-state index contributed by atoms with van der Waals surface area (Å²) in [5.74, 6) is -0.829. The largest absolute Gasteiger partial charge is 0.397 e. The van der Waals surface area contributed by atoms with Crippen molar-refractivity contribution in [2.24, 2.45) is 5.73 Å². The summed E-state index contributed by atoms with van der Waals surface area (Å²) in [6.07, 6.45) is 0.178. The minimum atomic E-state index is -0.418. The maximum Gasteiger partial charge on any atom is 0.219 e. The lowest BCUT2D eigenvalue weighted by atomic mass is 10.2. The molecule has 15 heavy (non-hydrogen) atoms. The number of amides is 1. The predicted octanol–water partition coefficient (Wildman–Crippen LogP) is 1.46. The Hall–Kier alpha value is -1.30. The monoisotopic (exact) mass is 275 g/mol. The standard InChI is InChI=1S/C9H11BrFN3O/c10-5-3-7(12)8(4-6(5)11)14-2-1-9(13)15/h3-4,14H,1-2,12H2,(H2,13,15). The summed E-state index contributed by atoms with van der Waals surface area (Å²) in [6, 6.07) is 2.72. The molecule has 0 saturated heterocycles. The van der Waals surface area contributed by atoms with Crippen LogP contribution in [0.1, 0.15) is 6.42 Å². The molecule has 0 spiro atoms. The molecule has 0 aromatic heterocycles. The molecule has 5 N–H and O–H groups in total. The average Bonchev–Trinajstić information content (AvgIpc) is 2.13. The second kappa shape index (κ2) is 4.97. The molecule has 0 aliphatic rings. The summed E-state index contributed by atoms with van der Waals surface area (Å²) >= 11 is 3.01. The Morgan fingerprint density at radius 1 is 1.53 bits per heavy atom. The molecule has 0 aliphatic carbocycles. The highest BCUT2D eigenvalue weighted by molar-refractivity contribution is 9.10. The van der Waals surface area contributed by atoms with Crippen LogP contribution in [0.4, 0.5) is 15.8 Å².